The van der Waals surface area contributed by atoms with E-state index in [0.717, 1.165) is 12.8 Å². The first-order chi connectivity index (χ1) is 4.31. The highest BCUT2D eigenvalue weighted by Crippen LogP contribution is 2.02. The molecular weight excluding hydrogens is 113 g/mol. The molecule has 0 amide bonds. The van der Waals surface area contributed by atoms with Crippen molar-refractivity contribution in [2.75, 3.05) is 0 Å². The van der Waals surface area contributed by atoms with E-state index in [1.54, 1.807) is 6.08 Å². The molecule has 0 aliphatic carbocycles. The molecule has 0 rings (SSSR count). The van der Waals surface area contributed by atoms with Gasteiger partial charge in [0.2, 0.25) is 0 Å². The van der Waals surface area contributed by atoms with Crippen LogP contribution in [0.15, 0.2) is 12.7 Å². The van der Waals surface area contributed by atoms with Crippen molar-refractivity contribution in [3.8, 4) is 0 Å². The topological polar surface area (TPSA) is 20.2 Å². The van der Waals surface area contributed by atoms with Crippen LogP contribution in [-0.2, 0) is 0 Å². The van der Waals surface area contributed by atoms with Gasteiger partial charge in [-0.05, 0) is 6.42 Å². The summed E-state index contributed by atoms with van der Waals surface area (Å²) in [5.74, 6) is 0. The minimum Gasteiger partial charge on any atom is -0.389 e. The highest BCUT2D eigenvalue weighted by Gasteiger charge is 1.94. The highest BCUT2D eigenvalue weighted by atomic mass is 16.3. The maximum absolute atomic E-state index is 8.97. The predicted molar refractivity (Wildman–Crippen MR) is 40.3 cm³/mol. The van der Waals surface area contributed by atoms with Crippen molar-refractivity contribution in [1.82, 2.24) is 0 Å². The molecule has 0 heterocycles. The molecule has 1 N–H and O–H groups in total. The van der Waals surface area contributed by atoms with Crippen molar-refractivity contribution in [1.29, 1.82) is 0 Å². The number of hydrogen-bond acceptors (Lipinski definition) is 1. The van der Waals surface area contributed by atoms with Gasteiger partial charge < -0.3 is 5.11 Å². The van der Waals surface area contributed by atoms with E-state index < -0.39 is 0 Å². The molecule has 0 saturated heterocycles. The highest BCUT2D eigenvalue weighted by molar-refractivity contribution is 4.77. The van der Waals surface area contributed by atoms with Crippen molar-refractivity contribution >= 4 is 0 Å². The van der Waals surface area contributed by atoms with E-state index in [1.165, 1.54) is 12.8 Å². The molecular formula is C8H16O. The van der Waals surface area contributed by atoms with Crippen LogP contribution in [0.2, 0.25) is 0 Å². The maximum Gasteiger partial charge on any atom is 0.0718 e. The number of aliphatic hydroxyl groups excluding tert-OH is 1. The summed E-state index contributed by atoms with van der Waals surface area (Å²) in [6.45, 7) is 5.64. The van der Waals surface area contributed by atoms with Gasteiger partial charge in [-0.2, -0.15) is 0 Å². The molecule has 0 aliphatic rings. The van der Waals surface area contributed by atoms with E-state index in [0.29, 0.717) is 0 Å². The van der Waals surface area contributed by atoms with Gasteiger partial charge in [-0.15, -0.1) is 6.58 Å². The molecule has 0 aliphatic heterocycles. The fourth-order valence-corrected chi connectivity index (χ4v) is 0.721. The number of rotatable bonds is 5. The normalized spacial score (nSPS) is 13.1. The summed E-state index contributed by atoms with van der Waals surface area (Å²) in [5, 5.41) is 8.97. The van der Waals surface area contributed by atoms with E-state index in [4.69, 9.17) is 5.11 Å². The molecule has 0 saturated carbocycles. The Hall–Kier alpha value is -0.300. The van der Waals surface area contributed by atoms with Crippen molar-refractivity contribution in [3.63, 3.8) is 0 Å². The molecule has 54 valence electrons. The third kappa shape index (κ3) is 5.57. The van der Waals surface area contributed by atoms with E-state index in [2.05, 4.69) is 13.5 Å². The Morgan fingerprint density at radius 3 is 2.67 bits per heavy atom. The van der Waals surface area contributed by atoms with Gasteiger partial charge >= 0.3 is 0 Å². The first-order valence-corrected chi connectivity index (χ1v) is 3.62. The lowest BCUT2D eigenvalue weighted by atomic mass is 10.3. The van der Waals surface area contributed by atoms with Crippen LogP contribution in [0.25, 0.3) is 0 Å². The van der Waals surface area contributed by atoms with Gasteiger partial charge in [-0.1, -0.05) is 32.3 Å². The van der Waals surface area contributed by atoms with Gasteiger partial charge in [0.1, 0.15) is 0 Å². The Balaban J connectivity index is 2.96. The molecule has 0 bridgehead atoms. The van der Waals surface area contributed by atoms with E-state index in [1.807, 2.05) is 0 Å². The van der Waals surface area contributed by atoms with E-state index in [9.17, 15) is 0 Å². The van der Waals surface area contributed by atoms with Crippen molar-refractivity contribution < 1.29 is 5.11 Å². The smallest absolute Gasteiger partial charge is 0.0718 e. The van der Waals surface area contributed by atoms with Crippen LogP contribution in [0.4, 0.5) is 0 Å². The monoisotopic (exact) mass is 129 g/mol. The molecule has 0 radical (unpaired) electrons. The lowest BCUT2D eigenvalue weighted by Gasteiger charge is -2.01. The van der Waals surface area contributed by atoms with Gasteiger partial charge in [-0.25, -0.2) is 0 Å². The summed E-state index contributed by atoms with van der Waals surface area (Å²) in [6.07, 6.45) is 5.72. The third-order valence-corrected chi connectivity index (χ3v) is 1.38. The quantitative estimate of drug-likeness (QED) is 0.342. The van der Waals surface area contributed by atoms with Gasteiger partial charge in [0.05, 0.1) is 6.10 Å². The van der Waals surface area contributed by atoms with Crippen LogP contribution in [0.5, 0.6) is 0 Å². The lowest BCUT2D eigenvalue weighted by Crippen LogP contribution is -1.99. The molecule has 1 unspecified atom stereocenters. The molecule has 1 heteroatoms. The van der Waals surface area contributed by atoms with E-state index in [-0.39, 0.29) is 6.10 Å². The Morgan fingerprint density at radius 1 is 1.56 bits per heavy atom. The van der Waals surface area contributed by atoms with Gasteiger partial charge in [0, 0.05) is 0 Å². The lowest BCUT2D eigenvalue weighted by molar-refractivity contribution is 0.208. The first kappa shape index (κ1) is 8.70. The maximum atomic E-state index is 8.97. The first-order valence-electron chi connectivity index (χ1n) is 3.62. The zero-order chi connectivity index (χ0) is 7.11. The summed E-state index contributed by atoms with van der Waals surface area (Å²) < 4.78 is 0. The summed E-state index contributed by atoms with van der Waals surface area (Å²) >= 11 is 0. The summed E-state index contributed by atoms with van der Waals surface area (Å²) in [5.41, 5.74) is 0. The molecule has 9 heavy (non-hydrogen) atoms. The number of unbranched alkanes of at least 4 members (excludes halogenated alkanes) is 2. The van der Waals surface area contributed by atoms with Gasteiger partial charge in [-0.3, -0.25) is 0 Å². The van der Waals surface area contributed by atoms with Crippen molar-refractivity contribution in [2.24, 2.45) is 0 Å². The fraction of sp³-hybridized carbons (Fsp3) is 0.750. The van der Waals surface area contributed by atoms with Crippen LogP contribution in [0.3, 0.4) is 0 Å². The standard InChI is InChI=1S/C8H16O/c1-3-5-6-7-8(9)4-2/h4,8-9H,2-3,5-7H2,1H3/i7+1. The second-order valence-corrected chi connectivity index (χ2v) is 2.30. The summed E-state index contributed by atoms with van der Waals surface area (Å²) in [7, 11) is 0. The molecule has 0 aromatic carbocycles. The Bertz CT molecular complexity index is 69.0. The minimum absolute atomic E-state index is 0.281. The number of hydrogen-bond donors (Lipinski definition) is 1. The molecule has 0 aromatic heterocycles. The van der Waals surface area contributed by atoms with Crippen LogP contribution < -0.4 is 0 Å². The molecule has 0 fully saturated rings. The van der Waals surface area contributed by atoms with E-state index >= 15 is 0 Å². The molecule has 1 atom stereocenters. The zero-order valence-corrected chi connectivity index (χ0v) is 6.14. The van der Waals surface area contributed by atoms with Gasteiger partial charge in [0.15, 0.2) is 0 Å². The van der Waals surface area contributed by atoms with Crippen LogP contribution in [-0.4, -0.2) is 11.2 Å². The third-order valence-electron chi connectivity index (χ3n) is 1.38. The average Bonchev–Trinajstić information content (AvgIpc) is 1.89. The SMILES string of the molecule is C=CC(O)[13CH2]CCCC. The van der Waals surface area contributed by atoms with Crippen molar-refractivity contribution in [3.05, 3.63) is 12.7 Å². The molecule has 0 spiro atoms. The second-order valence-electron chi connectivity index (χ2n) is 2.30. The molecule has 0 aromatic rings. The summed E-state index contributed by atoms with van der Waals surface area (Å²) in [6, 6.07) is 0. The summed E-state index contributed by atoms with van der Waals surface area (Å²) in [4.78, 5) is 0. The Morgan fingerprint density at radius 2 is 2.22 bits per heavy atom. The van der Waals surface area contributed by atoms with Crippen molar-refractivity contribution in [2.45, 2.75) is 38.7 Å². The Labute approximate surface area is 57.4 Å². The zero-order valence-electron chi connectivity index (χ0n) is 6.14. The average molecular weight is 129 g/mol. The largest absolute Gasteiger partial charge is 0.389 e. The Kier molecular flexibility index (Phi) is 5.64. The van der Waals surface area contributed by atoms with Crippen LogP contribution >= 0.6 is 0 Å². The van der Waals surface area contributed by atoms with Crippen LogP contribution in [0, 0.1) is 0 Å². The van der Waals surface area contributed by atoms with Gasteiger partial charge in [0.25, 0.3) is 0 Å². The molecule has 1 nitrogen and oxygen atoms in total. The second kappa shape index (κ2) is 5.83. The number of aliphatic hydroxyl groups is 1. The predicted octanol–water partition coefficient (Wildman–Crippen LogP) is 2.11. The van der Waals surface area contributed by atoms with Crippen LogP contribution in [0.1, 0.15) is 32.6 Å². The minimum atomic E-state index is -0.281. The fourth-order valence-electron chi connectivity index (χ4n) is 0.721.